The predicted molar refractivity (Wildman–Crippen MR) is 74.4 cm³/mol. The van der Waals surface area contributed by atoms with Crippen molar-refractivity contribution in [2.45, 2.75) is 39.4 Å². The summed E-state index contributed by atoms with van der Waals surface area (Å²) in [5.41, 5.74) is 2.64. The lowest BCUT2D eigenvalue weighted by atomic mass is 10.1. The minimum Gasteiger partial charge on any atom is -0.308 e. The van der Waals surface area contributed by atoms with E-state index in [0.29, 0.717) is 0 Å². The molecule has 1 N–H and O–H groups in total. The summed E-state index contributed by atoms with van der Waals surface area (Å²) < 4.78 is 1.98. The van der Waals surface area contributed by atoms with Gasteiger partial charge in [0, 0.05) is 23.8 Å². The molecule has 1 aromatic carbocycles. The van der Waals surface area contributed by atoms with E-state index in [1.165, 1.54) is 11.1 Å². The van der Waals surface area contributed by atoms with Crippen molar-refractivity contribution < 1.29 is 0 Å². The van der Waals surface area contributed by atoms with Crippen LogP contribution < -0.4 is 5.32 Å². The maximum Gasteiger partial charge on any atom is 0.0659 e. The SMILES string of the molecule is CC(C)(C)NCc1cnn(Cc2ccccc2)c1. The van der Waals surface area contributed by atoms with Gasteiger partial charge in [0.15, 0.2) is 0 Å². The Kier molecular flexibility index (Phi) is 3.82. The minimum atomic E-state index is 0.140. The number of aromatic nitrogens is 2. The Labute approximate surface area is 109 Å². The Morgan fingerprint density at radius 3 is 2.50 bits per heavy atom. The molecule has 0 amide bonds. The van der Waals surface area contributed by atoms with Crippen LogP contribution in [-0.2, 0) is 13.1 Å². The van der Waals surface area contributed by atoms with Gasteiger partial charge in [-0.25, -0.2) is 0 Å². The summed E-state index contributed by atoms with van der Waals surface area (Å²) in [6, 6.07) is 10.4. The summed E-state index contributed by atoms with van der Waals surface area (Å²) in [6.45, 7) is 8.19. The first-order valence-corrected chi connectivity index (χ1v) is 6.33. The molecule has 96 valence electrons. The number of nitrogens with zero attached hydrogens (tertiary/aromatic N) is 2. The van der Waals surface area contributed by atoms with E-state index in [-0.39, 0.29) is 5.54 Å². The van der Waals surface area contributed by atoms with Gasteiger partial charge in [-0.05, 0) is 26.3 Å². The molecule has 2 rings (SSSR count). The molecule has 3 heteroatoms. The first kappa shape index (κ1) is 12.8. The van der Waals surface area contributed by atoms with Gasteiger partial charge in [0.25, 0.3) is 0 Å². The standard InChI is InChI=1S/C15H21N3/c1-15(2,3)16-9-14-10-17-18(12-14)11-13-7-5-4-6-8-13/h4-8,10,12,16H,9,11H2,1-3H3. The fourth-order valence-corrected chi connectivity index (χ4v) is 1.72. The maximum absolute atomic E-state index is 4.39. The average Bonchev–Trinajstić information content (AvgIpc) is 2.75. The molecule has 0 aliphatic rings. The van der Waals surface area contributed by atoms with Crippen LogP contribution >= 0.6 is 0 Å². The molecule has 1 heterocycles. The van der Waals surface area contributed by atoms with Crippen LogP contribution in [0, 0.1) is 0 Å². The van der Waals surface area contributed by atoms with Gasteiger partial charge >= 0.3 is 0 Å². The highest BCUT2D eigenvalue weighted by Crippen LogP contribution is 2.06. The van der Waals surface area contributed by atoms with Crippen molar-refractivity contribution in [2.24, 2.45) is 0 Å². The molecule has 0 spiro atoms. The van der Waals surface area contributed by atoms with E-state index < -0.39 is 0 Å². The number of hydrogen-bond donors (Lipinski definition) is 1. The molecule has 0 radical (unpaired) electrons. The molecule has 0 saturated heterocycles. The van der Waals surface area contributed by atoms with Crippen molar-refractivity contribution in [1.29, 1.82) is 0 Å². The van der Waals surface area contributed by atoms with Gasteiger partial charge in [-0.15, -0.1) is 0 Å². The fourth-order valence-electron chi connectivity index (χ4n) is 1.72. The van der Waals surface area contributed by atoms with E-state index in [9.17, 15) is 0 Å². The van der Waals surface area contributed by atoms with E-state index in [1.54, 1.807) is 0 Å². The van der Waals surface area contributed by atoms with Crippen LogP contribution in [-0.4, -0.2) is 15.3 Å². The van der Waals surface area contributed by atoms with Gasteiger partial charge in [-0.2, -0.15) is 5.10 Å². The first-order chi connectivity index (χ1) is 8.53. The first-order valence-electron chi connectivity index (χ1n) is 6.33. The van der Waals surface area contributed by atoms with Crippen LogP contribution in [0.4, 0.5) is 0 Å². The predicted octanol–water partition coefficient (Wildman–Crippen LogP) is 2.82. The molecule has 0 saturated carbocycles. The van der Waals surface area contributed by atoms with Crippen LogP contribution in [0.15, 0.2) is 42.7 Å². The van der Waals surface area contributed by atoms with Crippen molar-refractivity contribution in [1.82, 2.24) is 15.1 Å². The molecule has 0 unspecified atom stereocenters. The summed E-state index contributed by atoms with van der Waals surface area (Å²) in [5.74, 6) is 0. The second-order valence-electron chi connectivity index (χ2n) is 5.64. The van der Waals surface area contributed by atoms with Gasteiger partial charge in [-0.1, -0.05) is 30.3 Å². The van der Waals surface area contributed by atoms with Crippen LogP contribution in [0.3, 0.4) is 0 Å². The van der Waals surface area contributed by atoms with Crippen LogP contribution in [0.5, 0.6) is 0 Å². The molecule has 0 atom stereocenters. The fraction of sp³-hybridized carbons (Fsp3) is 0.400. The molecule has 2 aromatic rings. The maximum atomic E-state index is 4.39. The molecular formula is C15H21N3. The van der Waals surface area contributed by atoms with E-state index in [1.807, 2.05) is 16.9 Å². The third-order valence-electron chi connectivity index (χ3n) is 2.70. The largest absolute Gasteiger partial charge is 0.308 e. The monoisotopic (exact) mass is 243 g/mol. The lowest BCUT2D eigenvalue weighted by Gasteiger charge is -2.19. The Balaban J connectivity index is 1.94. The Morgan fingerprint density at radius 1 is 1.11 bits per heavy atom. The third kappa shape index (κ3) is 4.00. The van der Waals surface area contributed by atoms with Crippen LogP contribution in [0.2, 0.25) is 0 Å². The topological polar surface area (TPSA) is 29.9 Å². The summed E-state index contributed by atoms with van der Waals surface area (Å²) >= 11 is 0. The van der Waals surface area contributed by atoms with Gasteiger partial charge in [0.05, 0.1) is 12.7 Å². The Morgan fingerprint density at radius 2 is 1.83 bits per heavy atom. The third-order valence-corrected chi connectivity index (χ3v) is 2.70. The van der Waals surface area contributed by atoms with Crippen LogP contribution in [0.25, 0.3) is 0 Å². The summed E-state index contributed by atoms with van der Waals surface area (Å²) in [7, 11) is 0. The zero-order chi connectivity index (χ0) is 13.0. The van der Waals surface area contributed by atoms with Crippen molar-refractivity contribution in [3.63, 3.8) is 0 Å². The van der Waals surface area contributed by atoms with Crippen molar-refractivity contribution in [3.05, 3.63) is 53.9 Å². The lowest BCUT2D eigenvalue weighted by Crippen LogP contribution is -2.34. The Hall–Kier alpha value is -1.61. The average molecular weight is 243 g/mol. The van der Waals surface area contributed by atoms with E-state index in [2.05, 4.69) is 61.6 Å². The summed E-state index contributed by atoms with van der Waals surface area (Å²) in [4.78, 5) is 0. The number of hydrogen-bond acceptors (Lipinski definition) is 2. The molecule has 0 bridgehead atoms. The van der Waals surface area contributed by atoms with E-state index >= 15 is 0 Å². The molecule has 1 aromatic heterocycles. The molecular weight excluding hydrogens is 222 g/mol. The highest BCUT2D eigenvalue weighted by Gasteiger charge is 2.09. The highest BCUT2D eigenvalue weighted by molar-refractivity contribution is 5.15. The Bertz CT molecular complexity index is 480. The molecule has 3 nitrogen and oxygen atoms in total. The second kappa shape index (κ2) is 5.36. The van der Waals surface area contributed by atoms with E-state index in [0.717, 1.165) is 13.1 Å². The zero-order valence-electron chi connectivity index (χ0n) is 11.4. The van der Waals surface area contributed by atoms with E-state index in [4.69, 9.17) is 0 Å². The molecule has 18 heavy (non-hydrogen) atoms. The molecule has 0 aliphatic carbocycles. The van der Waals surface area contributed by atoms with Crippen LogP contribution in [0.1, 0.15) is 31.9 Å². The number of nitrogens with one attached hydrogen (secondary N) is 1. The number of rotatable bonds is 4. The number of benzene rings is 1. The summed E-state index contributed by atoms with van der Waals surface area (Å²) in [5, 5.41) is 7.85. The van der Waals surface area contributed by atoms with Crippen molar-refractivity contribution in [3.8, 4) is 0 Å². The quantitative estimate of drug-likeness (QED) is 0.895. The van der Waals surface area contributed by atoms with Gasteiger partial charge in [0.2, 0.25) is 0 Å². The molecule has 0 fully saturated rings. The zero-order valence-corrected chi connectivity index (χ0v) is 11.4. The highest BCUT2D eigenvalue weighted by atomic mass is 15.3. The van der Waals surface area contributed by atoms with Gasteiger partial charge in [-0.3, -0.25) is 4.68 Å². The normalized spacial score (nSPS) is 11.7. The smallest absolute Gasteiger partial charge is 0.0659 e. The summed E-state index contributed by atoms with van der Waals surface area (Å²) in [6.07, 6.45) is 4.04. The van der Waals surface area contributed by atoms with Crippen molar-refractivity contribution >= 4 is 0 Å². The molecule has 0 aliphatic heterocycles. The minimum absolute atomic E-state index is 0.140. The second-order valence-corrected chi connectivity index (χ2v) is 5.64. The lowest BCUT2D eigenvalue weighted by molar-refractivity contribution is 0.424. The van der Waals surface area contributed by atoms with Gasteiger partial charge in [0.1, 0.15) is 0 Å². The van der Waals surface area contributed by atoms with Gasteiger partial charge < -0.3 is 5.32 Å². The van der Waals surface area contributed by atoms with Crippen molar-refractivity contribution in [2.75, 3.05) is 0 Å².